The van der Waals surface area contributed by atoms with Crippen LogP contribution >= 0.6 is 0 Å². The molecule has 0 radical (unpaired) electrons. The molecule has 146 valence electrons. The molecule has 0 spiro atoms. The van der Waals surface area contributed by atoms with Gasteiger partial charge in [0.05, 0.1) is 11.5 Å². The maximum Gasteiger partial charge on any atom is 0.240 e. The summed E-state index contributed by atoms with van der Waals surface area (Å²) in [5.74, 6) is 0.575. The predicted octanol–water partition coefficient (Wildman–Crippen LogP) is 2.03. The maximum atomic E-state index is 12.1. The van der Waals surface area contributed by atoms with Crippen LogP contribution in [0.3, 0.4) is 0 Å². The highest BCUT2D eigenvalue weighted by Gasteiger charge is 2.14. The van der Waals surface area contributed by atoms with Crippen LogP contribution in [0, 0.1) is 6.92 Å². The molecule has 27 heavy (non-hydrogen) atoms. The summed E-state index contributed by atoms with van der Waals surface area (Å²) >= 11 is 0. The fourth-order valence-electron chi connectivity index (χ4n) is 2.37. The van der Waals surface area contributed by atoms with E-state index in [4.69, 9.17) is 10.5 Å². The van der Waals surface area contributed by atoms with Gasteiger partial charge in [-0.1, -0.05) is 18.2 Å². The maximum absolute atomic E-state index is 12.1. The molecular formula is C19H25N3O4S. The van der Waals surface area contributed by atoms with Crippen molar-refractivity contribution in [1.29, 1.82) is 0 Å². The zero-order valence-electron chi connectivity index (χ0n) is 15.3. The summed E-state index contributed by atoms with van der Waals surface area (Å²) in [6.45, 7) is 2.77. The van der Waals surface area contributed by atoms with Gasteiger partial charge in [-0.05, 0) is 49.2 Å². The van der Waals surface area contributed by atoms with Crippen LogP contribution in [-0.4, -0.2) is 34.0 Å². The van der Waals surface area contributed by atoms with Gasteiger partial charge in [0.2, 0.25) is 15.9 Å². The second-order valence-corrected chi connectivity index (χ2v) is 7.80. The molecule has 0 fully saturated rings. The Labute approximate surface area is 160 Å². The molecule has 0 aliphatic carbocycles. The Kier molecular flexibility index (Phi) is 7.78. The number of anilines is 1. The summed E-state index contributed by atoms with van der Waals surface area (Å²) in [6.07, 6.45) is 0.823. The monoisotopic (exact) mass is 391 g/mol. The number of sulfonamides is 1. The van der Waals surface area contributed by atoms with E-state index < -0.39 is 10.0 Å². The molecule has 0 atom stereocenters. The van der Waals surface area contributed by atoms with Crippen LogP contribution in [0.2, 0.25) is 0 Å². The minimum atomic E-state index is -3.64. The lowest BCUT2D eigenvalue weighted by Crippen LogP contribution is -2.29. The predicted molar refractivity (Wildman–Crippen MR) is 105 cm³/mol. The van der Waals surface area contributed by atoms with Crippen LogP contribution in [-0.2, 0) is 14.8 Å². The number of nitrogens with two attached hydrogens (primary N) is 1. The molecule has 4 N–H and O–H groups in total. The lowest BCUT2D eigenvalue weighted by Gasteiger charge is -2.09. The van der Waals surface area contributed by atoms with E-state index in [1.165, 1.54) is 12.1 Å². The number of carbonyl (C=O) groups excluding carboxylic acids is 1. The van der Waals surface area contributed by atoms with Crippen molar-refractivity contribution in [2.75, 3.05) is 25.0 Å². The van der Waals surface area contributed by atoms with Crippen molar-refractivity contribution in [3.05, 3.63) is 54.1 Å². The average molecular weight is 391 g/mol. The number of ether oxygens (including phenoxy) is 1. The van der Waals surface area contributed by atoms with E-state index in [0.717, 1.165) is 11.3 Å². The van der Waals surface area contributed by atoms with Gasteiger partial charge < -0.3 is 15.8 Å². The number of hydrogen-bond acceptors (Lipinski definition) is 5. The van der Waals surface area contributed by atoms with Crippen LogP contribution in [0.5, 0.6) is 5.75 Å². The molecular weight excluding hydrogens is 366 g/mol. The third-order valence-corrected chi connectivity index (χ3v) is 5.13. The summed E-state index contributed by atoms with van der Waals surface area (Å²) in [5.41, 5.74) is 6.86. The van der Waals surface area contributed by atoms with E-state index in [0.29, 0.717) is 18.7 Å². The SMILES string of the molecule is Cc1cccc(OCCCC(=O)Nc2cccc(S(=O)(=O)NCCN)c2)c1. The Bertz CT molecular complexity index is 869. The Morgan fingerprint density at radius 1 is 1.15 bits per heavy atom. The van der Waals surface area contributed by atoms with Crippen molar-refractivity contribution < 1.29 is 17.9 Å². The molecule has 2 aromatic rings. The number of benzene rings is 2. The lowest BCUT2D eigenvalue weighted by molar-refractivity contribution is -0.116. The molecule has 2 aromatic carbocycles. The number of rotatable bonds is 10. The van der Waals surface area contributed by atoms with Crippen LogP contribution in [0.15, 0.2) is 53.4 Å². The Hall–Kier alpha value is -2.42. The summed E-state index contributed by atoms with van der Waals surface area (Å²) < 4.78 is 32.2. The summed E-state index contributed by atoms with van der Waals surface area (Å²) in [6, 6.07) is 13.8. The number of carbonyl (C=O) groups is 1. The average Bonchev–Trinajstić information content (AvgIpc) is 2.64. The number of hydrogen-bond donors (Lipinski definition) is 3. The van der Waals surface area contributed by atoms with Gasteiger partial charge in [-0.3, -0.25) is 4.79 Å². The van der Waals surface area contributed by atoms with Crippen molar-refractivity contribution in [2.24, 2.45) is 5.73 Å². The van der Waals surface area contributed by atoms with Gasteiger partial charge in [0.1, 0.15) is 5.75 Å². The molecule has 8 heteroatoms. The summed E-state index contributed by atoms with van der Waals surface area (Å²) in [5, 5.41) is 2.71. The highest BCUT2D eigenvalue weighted by atomic mass is 32.2. The second-order valence-electron chi connectivity index (χ2n) is 6.03. The third-order valence-electron chi connectivity index (χ3n) is 3.67. The van der Waals surface area contributed by atoms with Crippen LogP contribution in [0.1, 0.15) is 18.4 Å². The molecule has 0 aliphatic rings. The normalized spacial score (nSPS) is 11.2. The highest BCUT2D eigenvalue weighted by Crippen LogP contribution is 2.16. The largest absolute Gasteiger partial charge is 0.494 e. The second kappa shape index (κ2) is 10.1. The molecule has 0 unspecified atom stereocenters. The zero-order chi connectivity index (χ0) is 19.7. The number of nitrogens with one attached hydrogen (secondary N) is 2. The third kappa shape index (κ3) is 7.01. The van der Waals surface area contributed by atoms with Crippen molar-refractivity contribution in [3.63, 3.8) is 0 Å². The summed E-state index contributed by atoms with van der Waals surface area (Å²) in [7, 11) is -3.64. The van der Waals surface area contributed by atoms with Gasteiger partial charge in [-0.15, -0.1) is 0 Å². The quantitative estimate of drug-likeness (QED) is 0.537. The molecule has 0 saturated heterocycles. The van der Waals surface area contributed by atoms with Crippen molar-refractivity contribution in [2.45, 2.75) is 24.7 Å². The molecule has 2 rings (SSSR count). The van der Waals surface area contributed by atoms with Crippen molar-refractivity contribution >= 4 is 21.6 Å². The first-order valence-electron chi connectivity index (χ1n) is 8.70. The molecule has 7 nitrogen and oxygen atoms in total. The fourth-order valence-corrected chi connectivity index (χ4v) is 3.46. The van der Waals surface area contributed by atoms with Gasteiger partial charge in [0, 0.05) is 25.2 Å². The fraction of sp³-hybridized carbons (Fsp3) is 0.316. The van der Waals surface area contributed by atoms with Gasteiger partial charge in [0.15, 0.2) is 0 Å². The Balaban J connectivity index is 1.82. The van der Waals surface area contributed by atoms with E-state index in [-0.39, 0.29) is 30.3 Å². The first-order chi connectivity index (χ1) is 12.9. The highest BCUT2D eigenvalue weighted by molar-refractivity contribution is 7.89. The molecule has 1 amide bonds. The van der Waals surface area contributed by atoms with Gasteiger partial charge in [-0.2, -0.15) is 0 Å². The van der Waals surface area contributed by atoms with Gasteiger partial charge in [0.25, 0.3) is 0 Å². The van der Waals surface area contributed by atoms with Crippen LogP contribution in [0.25, 0.3) is 0 Å². The smallest absolute Gasteiger partial charge is 0.240 e. The van der Waals surface area contributed by atoms with Crippen LogP contribution in [0.4, 0.5) is 5.69 Å². The van der Waals surface area contributed by atoms with Gasteiger partial charge in [-0.25, -0.2) is 13.1 Å². The van der Waals surface area contributed by atoms with Crippen molar-refractivity contribution in [3.8, 4) is 5.75 Å². The van der Waals surface area contributed by atoms with E-state index in [9.17, 15) is 13.2 Å². The first-order valence-corrected chi connectivity index (χ1v) is 10.2. The standard InChI is InChI=1S/C19H25N3O4S/c1-15-5-2-7-17(13-15)26-12-4-9-19(23)22-16-6-3-8-18(14-16)27(24,25)21-11-10-20/h2-3,5-8,13-14,21H,4,9-12,20H2,1H3,(H,22,23). The van der Waals surface area contributed by atoms with Crippen LogP contribution < -0.4 is 20.5 Å². The lowest BCUT2D eigenvalue weighted by atomic mass is 10.2. The van der Waals surface area contributed by atoms with E-state index >= 15 is 0 Å². The van der Waals surface area contributed by atoms with E-state index in [1.807, 2.05) is 31.2 Å². The summed E-state index contributed by atoms with van der Waals surface area (Å²) in [4.78, 5) is 12.1. The molecule has 0 saturated carbocycles. The minimum Gasteiger partial charge on any atom is -0.494 e. The Morgan fingerprint density at radius 2 is 1.93 bits per heavy atom. The molecule has 0 aromatic heterocycles. The first kappa shape index (κ1) is 20.9. The molecule has 0 bridgehead atoms. The minimum absolute atomic E-state index is 0.0801. The number of amides is 1. The Morgan fingerprint density at radius 3 is 2.67 bits per heavy atom. The molecule has 0 aliphatic heterocycles. The van der Waals surface area contributed by atoms with Crippen molar-refractivity contribution in [1.82, 2.24) is 4.72 Å². The molecule has 0 heterocycles. The topological polar surface area (TPSA) is 111 Å². The van der Waals surface area contributed by atoms with Gasteiger partial charge >= 0.3 is 0 Å². The van der Waals surface area contributed by atoms with E-state index in [2.05, 4.69) is 10.0 Å². The number of aryl methyl sites for hydroxylation is 1. The zero-order valence-corrected chi connectivity index (χ0v) is 16.1. The van der Waals surface area contributed by atoms with E-state index in [1.54, 1.807) is 12.1 Å².